The summed E-state index contributed by atoms with van der Waals surface area (Å²) in [4.78, 5) is 22.6. The van der Waals surface area contributed by atoms with Gasteiger partial charge in [0.2, 0.25) is 0 Å². The third-order valence-corrected chi connectivity index (χ3v) is 4.06. The summed E-state index contributed by atoms with van der Waals surface area (Å²) in [5.74, 6) is 1.80. The second kappa shape index (κ2) is 8.69. The average molecular weight is 311 g/mol. The van der Waals surface area contributed by atoms with E-state index in [1.165, 1.54) is 14.0 Å². The molecule has 0 aliphatic carbocycles. The van der Waals surface area contributed by atoms with Crippen molar-refractivity contribution in [3.05, 3.63) is 29.3 Å². The summed E-state index contributed by atoms with van der Waals surface area (Å²) in [5, 5.41) is 0. The Labute approximate surface area is 129 Å². The average Bonchev–Trinajstić information content (AvgIpc) is 2.49. The van der Waals surface area contributed by atoms with E-state index >= 15 is 0 Å². The van der Waals surface area contributed by atoms with Crippen LogP contribution in [0.3, 0.4) is 0 Å². The Morgan fingerprint density at radius 2 is 2.05 bits per heavy atom. The minimum absolute atomic E-state index is 0.0246. The highest BCUT2D eigenvalue weighted by Gasteiger charge is 2.13. The van der Waals surface area contributed by atoms with Gasteiger partial charge in [0.25, 0.3) is 0 Å². The first-order valence-corrected chi connectivity index (χ1v) is 7.74. The first kappa shape index (κ1) is 17.5. The normalized spacial score (nSPS) is 11.8. The van der Waals surface area contributed by atoms with Gasteiger partial charge in [-0.3, -0.25) is 9.59 Å². The number of hydrogen-bond acceptors (Lipinski definition) is 6. The summed E-state index contributed by atoms with van der Waals surface area (Å²) in [6, 6.07) is 4.80. The molecule has 5 nitrogen and oxygen atoms in total. The fraction of sp³-hybridized carbons (Fsp3) is 0.467. The van der Waals surface area contributed by atoms with Gasteiger partial charge in [-0.15, -0.1) is 0 Å². The van der Waals surface area contributed by atoms with Gasteiger partial charge in [0.15, 0.2) is 5.78 Å². The lowest BCUT2D eigenvalue weighted by Crippen LogP contribution is -2.31. The Balaban J connectivity index is 2.56. The largest absolute Gasteiger partial charge is 0.496 e. The van der Waals surface area contributed by atoms with E-state index in [1.54, 1.807) is 31.0 Å². The number of esters is 1. The molecule has 0 aromatic heterocycles. The Bertz CT molecular complexity index is 504. The molecule has 6 heteroatoms. The predicted molar refractivity (Wildman–Crippen MR) is 83.8 cm³/mol. The van der Waals surface area contributed by atoms with Crippen molar-refractivity contribution in [2.75, 3.05) is 20.0 Å². The van der Waals surface area contributed by atoms with Crippen molar-refractivity contribution in [3.8, 4) is 5.75 Å². The summed E-state index contributed by atoms with van der Waals surface area (Å²) in [7, 11) is 2.93. The molecule has 0 bridgehead atoms. The molecular weight excluding hydrogens is 290 g/mol. The van der Waals surface area contributed by atoms with Crippen molar-refractivity contribution < 1.29 is 19.1 Å². The highest BCUT2D eigenvalue weighted by molar-refractivity contribution is 7.98. The zero-order valence-electron chi connectivity index (χ0n) is 12.5. The number of carbonyl (C=O) groups excluding carboxylic acids is 2. The van der Waals surface area contributed by atoms with Crippen LogP contribution in [0, 0.1) is 0 Å². The summed E-state index contributed by atoms with van der Waals surface area (Å²) < 4.78 is 9.87. The van der Waals surface area contributed by atoms with Crippen LogP contribution >= 0.6 is 11.8 Å². The van der Waals surface area contributed by atoms with Crippen LogP contribution in [0.5, 0.6) is 5.75 Å². The number of Topliss-reactive ketones (excluding diaryl/α,β-unsaturated/α-hetero) is 1. The SMILES string of the molecule is COC(=O)C(N)CCSCc1cc(C(C)=O)ccc1OC. The van der Waals surface area contributed by atoms with Crippen LogP contribution in [0.25, 0.3) is 0 Å². The molecule has 0 heterocycles. The van der Waals surface area contributed by atoms with Crippen molar-refractivity contribution in [2.45, 2.75) is 25.1 Å². The molecule has 1 unspecified atom stereocenters. The van der Waals surface area contributed by atoms with E-state index in [0.717, 1.165) is 17.1 Å². The van der Waals surface area contributed by atoms with Gasteiger partial charge in [-0.25, -0.2) is 0 Å². The third kappa shape index (κ3) is 5.40. The van der Waals surface area contributed by atoms with E-state index in [1.807, 2.05) is 6.07 Å². The molecule has 0 aliphatic rings. The lowest BCUT2D eigenvalue weighted by atomic mass is 10.1. The minimum Gasteiger partial charge on any atom is -0.496 e. The van der Waals surface area contributed by atoms with E-state index in [9.17, 15) is 9.59 Å². The molecule has 0 spiro atoms. The van der Waals surface area contributed by atoms with Crippen molar-refractivity contribution in [3.63, 3.8) is 0 Å². The minimum atomic E-state index is -0.590. The first-order chi connectivity index (χ1) is 9.99. The summed E-state index contributed by atoms with van der Waals surface area (Å²) in [6.07, 6.45) is 0.548. The number of benzene rings is 1. The molecule has 0 aliphatic heterocycles. The molecule has 0 fully saturated rings. The van der Waals surface area contributed by atoms with Crippen molar-refractivity contribution in [2.24, 2.45) is 5.73 Å². The molecule has 0 saturated heterocycles. The highest BCUT2D eigenvalue weighted by Crippen LogP contribution is 2.25. The monoisotopic (exact) mass is 311 g/mol. The molecular formula is C15H21NO4S. The van der Waals surface area contributed by atoms with Crippen LogP contribution in [-0.2, 0) is 15.3 Å². The van der Waals surface area contributed by atoms with Crippen LogP contribution in [0.1, 0.15) is 29.3 Å². The number of thioether (sulfide) groups is 1. The Morgan fingerprint density at radius 1 is 1.33 bits per heavy atom. The van der Waals surface area contributed by atoms with Gasteiger partial charge in [0.1, 0.15) is 11.8 Å². The number of hydrogen-bond donors (Lipinski definition) is 1. The molecule has 116 valence electrons. The quantitative estimate of drug-likeness (QED) is 0.449. The van der Waals surface area contributed by atoms with E-state index in [-0.39, 0.29) is 5.78 Å². The Hall–Kier alpha value is -1.53. The standard InChI is InChI=1S/C15H21NO4S/c1-10(17)11-4-5-14(19-2)12(8-11)9-21-7-6-13(16)15(18)20-3/h4-5,8,13H,6-7,9,16H2,1-3H3. The lowest BCUT2D eigenvalue weighted by Gasteiger charge is -2.11. The van der Waals surface area contributed by atoms with Gasteiger partial charge >= 0.3 is 5.97 Å². The topological polar surface area (TPSA) is 78.6 Å². The van der Waals surface area contributed by atoms with Gasteiger partial charge in [0, 0.05) is 16.9 Å². The van der Waals surface area contributed by atoms with Gasteiger partial charge in [-0.1, -0.05) is 0 Å². The second-order valence-electron chi connectivity index (χ2n) is 4.55. The zero-order chi connectivity index (χ0) is 15.8. The van der Waals surface area contributed by atoms with Crippen molar-refractivity contribution in [1.29, 1.82) is 0 Å². The smallest absolute Gasteiger partial charge is 0.322 e. The molecule has 0 radical (unpaired) electrons. The maximum Gasteiger partial charge on any atom is 0.322 e. The molecule has 21 heavy (non-hydrogen) atoms. The number of ether oxygens (including phenoxy) is 2. The molecule has 0 saturated carbocycles. The maximum absolute atomic E-state index is 11.4. The van der Waals surface area contributed by atoms with Crippen molar-refractivity contribution >= 4 is 23.5 Å². The van der Waals surface area contributed by atoms with Crippen LogP contribution in [0.2, 0.25) is 0 Å². The predicted octanol–water partition coefficient (Wildman–Crippen LogP) is 2.02. The molecule has 2 N–H and O–H groups in total. The molecule has 1 aromatic rings. The fourth-order valence-electron chi connectivity index (χ4n) is 1.77. The Kier molecular flexibility index (Phi) is 7.25. The molecule has 1 aromatic carbocycles. The Morgan fingerprint density at radius 3 is 2.62 bits per heavy atom. The lowest BCUT2D eigenvalue weighted by molar-refractivity contribution is -0.142. The van der Waals surface area contributed by atoms with Crippen LogP contribution < -0.4 is 10.5 Å². The fourth-order valence-corrected chi connectivity index (χ4v) is 2.78. The van der Waals surface area contributed by atoms with Gasteiger partial charge in [-0.2, -0.15) is 11.8 Å². The maximum atomic E-state index is 11.4. The van der Waals surface area contributed by atoms with E-state index in [2.05, 4.69) is 4.74 Å². The number of rotatable bonds is 8. The number of nitrogens with two attached hydrogens (primary N) is 1. The van der Waals surface area contributed by atoms with Gasteiger partial charge < -0.3 is 15.2 Å². The highest BCUT2D eigenvalue weighted by atomic mass is 32.2. The van der Waals surface area contributed by atoms with Crippen molar-refractivity contribution in [1.82, 2.24) is 0 Å². The summed E-state index contributed by atoms with van der Waals surface area (Å²) in [6.45, 7) is 1.54. The molecule has 1 atom stereocenters. The van der Waals surface area contributed by atoms with Crippen LogP contribution in [0.4, 0.5) is 0 Å². The second-order valence-corrected chi connectivity index (χ2v) is 5.66. The zero-order valence-corrected chi connectivity index (χ0v) is 13.4. The molecule has 1 rings (SSSR count). The number of methoxy groups -OCH3 is 2. The van der Waals surface area contributed by atoms with E-state index in [4.69, 9.17) is 10.5 Å². The third-order valence-electron chi connectivity index (χ3n) is 3.02. The van der Waals surface area contributed by atoms with E-state index in [0.29, 0.717) is 17.7 Å². The van der Waals surface area contributed by atoms with Gasteiger partial charge in [0.05, 0.1) is 14.2 Å². The van der Waals surface area contributed by atoms with Gasteiger partial charge in [-0.05, 0) is 37.3 Å². The summed E-state index contributed by atoms with van der Waals surface area (Å²) >= 11 is 1.63. The molecule has 0 amide bonds. The van der Waals surface area contributed by atoms with Crippen LogP contribution in [0.15, 0.2) is 18.2 Å². The van der Waals surface area contributed by atoms with Crippen LogP contribution in [-0.4, -0.2) is 37.8 Å². The number of ketones is 1. The summed E-state index contributed by atoms with van der Waals surface area (Å²) in [5.41, 5.74) is 7.29. The number of carbonyl (C=O) groups is 2. The van der Waals surface area contributed by atoms with E-state index < -0.39 is 12.0 Å². The first-order valence-electron chi connectivity index (χ1n) is 6.58.